The van der Waals surface area contributed by atoms with Crippen LogP contribution in [0.4, 0.5) is 0 Å². The summed E-state index contributed by atoms with van der Waals surface area (Å²) >= 11 is 0. The highest BCUT2D eigenvalue weighted by molar-refractivity contribution is 7.90. The molecule has 98 valence electrons. The maximum atomic E-state index is 10.8. The van der Waals surface area contributed by atoms with Crippen molar-refractivity contribution in [1.82, 2.24) is 5.32 Å². The van der Waals surface area contributed by atoms with Gasteiger partial charge in [0, 0.05) is 26.0 Å². The van der Waals surface area contributed by atoms with Crippen LogP contribution in [-0.4, -0.2) is 59.9 Å². The molecule has 0 amide bonds. The summed E-state index contributed by atoms with van der Waals surface area (Å²) in [5.74, 6) is 0.173. The van der Waals surface area contributed by atoms with Gasteiger partial charge in [-0.2, -0.15) is 0 Å². The Labute approximate surface area is 98.4 Å². The molecule has 0 aromatic rings. The maximum absolute atomic E-state index is 10.8. The highest BCUT2D eigenvalue weighted by atomic mass is 32.2. The van der Waals surface area contributed by atoms with E-state index in [2.05, 4.69) is 12.2 Å². The van der Waals surface area contributed by atoms with Crippen molar-refractivity contribution < 1.29 is 17.9 Å². The van der Waals surface area contributed by atoms with Gasteiger partial charge < -0.3 is 14.8 Å². The molecule has 0 saturated heterocycles. The van der Waals surface area contributed by atoms with Crippen LogP contribution < -0.4 is 5.32 Å². The molecule has 16 heavy (non-hydrogen) atoms. The van der Waals surface area contributed by atoms with Gasteiger partial charge in [0.1, 0.15) is 9.84 Å². The Morgan fingerprint density at radius 1 is 1.00 bits per heavy atom. The predicted octanol–water partition coefficient (Wildman–Crippen LogP) is 0.0638. The second-order valence-corrected chi connectivity index (χ2v) is 5.86. The summed E-state index contributed by atoms with van der Waals surface area (Å²) in [6.45, 7) is 5.78. The van der Waals surface area contributed by atoms with Crippen molar-refractivity contribution in [2.45, 2.75) is 13.3 Å². The van der Waals surface area contributed by atoms with Gasteiger partial charge in [0.15, 0.2) is 0 Å². The van der Waals surface area contributed by atoms with Crippen molar-refractivity contribution in [2.24, 2.45) is 0 Å². The van der Waals surface area contributed by atoms with Gasteiger partial charge >= 0.3 is 0 Å². The first-order valence-electron chi connectivity index (χ1n) is 5.60. The predicted molar refractivity (Wildman–Crippen MR) is 64.5 cm³/mol. The van der Waals surface area contributed by atoms with Crippen LogP contribution in [0.5, 0.6) is 0 Å². The van der Waals surface area contributed by atoms with Crippen LogP contribution in [0.15, 0.2) is 0 Å². The van der Waals surface area contributed by atoms with Crippen LogP contribution in [0.25, 0.3) is 0 Å². The van der Waals surface area contributed by atoms with Crippen molar-refractivity contribution >= 4 is 9.84 Å². The lowest BCUT2D eigenvalue weighted by Gasteiger charge is -2.06. The molecule has 0 aliphatic carbocycles. The van der Waals surface area contributed by atoms with E-state index in [1.807, 2.05) is 0 Å². The van der Waals surface area contributed by atoms with E-state index in [9.17, 15) is 8.42 Å². The van der Waals surface area contributed by atoms with Gasteiger partial charge in [-0.05, 0) is 6.42 Å². The quantitative estimate of drug-likeness (QED) is 0.528. The molecule has 0 bridgehead atoms. The summed E-state index contributed by atoms with van der Waals surface area (Å²) in [6, 6.07) is 0. The maximum Gasteiger partial charge on any atom is 0.148 e. The lowest BCUT2D eigenvalue weighted by molar-refractivity contribution is 0.0492. The third-order valence-corrected chi connectivity index (χ3v) is 2.74. The highest BCUT2D eigenvalue weighted by Gasteiger charge is 1.99. The molecule has 0 aromatic heterocycles. The zero-order valence-corrected chi connectivity index (χ0v) is 11.0. The Morgan fingerprint density at radius 2 is 1.62 bits per heavy atom. The largest absolute Gasteiger partial charge is 0.379 e. The molecule has 0 rings (SSSR count). The Hall–Kier alpha value is -0.170. The molecular formula is C10H23NO4S. The van der Waals surface area contributed by atoms with Crippen molar-refractivity contribution in [1.29, 1.82) is 0 Å². The summed E-state index contributed by atoms with van der Waals surface area (Å²) < 4.78 is 32.1. The van der Waals surface area contributed by atoms with E-state index in [1.54, 1.807) is 0 Å². The molecule has 0 aromatic carbocycles. The van der Waals surface area contributed by atoms with Gasteiger partial charge in [0.25, 0.3) is 0 Å². The topological polar surface area (TPSA) is 64.6 Å². The van der Waals surface area contributed by atoms with E-state index in [0.29, 0.717) is 32.9 Å². The zero-order valence-electron chi connectivity index (χ0n) is 10.2. The minimum Gasteiger partial charge on any atom is -0.379 e. The second kappa shape index (κ2) is 10.0. The fourth-order valence-electron chi connectivity index (χ4n) is 0.993. The van der Waals surface area contributed by atoms with Crippen molar-refractivity contribution in [3.05, 3.63) is 0 Å². The van der Waals surface area contributed by atoms with Crippen LogP contribution in [0.2, 0.25) is 0 Å². The molecule has 0 spiro atoms. The van der Waals surface area contributed by atoms with Gasteiger partial charge in [-0.1, -0.05) is 6.92 Å². The summed E-state index contributed by atoms with van der Waals surface area (Å²) in [6.07, 6.45) is 2.25. The first kappa shape index (κ1) is 15.8. The molecule has 0 fully saturated rings. The Bertz CT molecular complexity index is 241. The molecule has 0 radical (unpaired) electrons. The third kappa shape index (κ3) is 13.8. The van der Waals surface area contributed by atoms with Gasteiger partial charge in [-0.15, -0.1) is 0 Å². The van der Waals surface area contributed by atoms with Gasteiger partial charge in [-0.3, -0.25) is 0 Å². The number of sulfone groups is 1. The molecule has 6 heteroatoms. The normalized spacial score (nSPS) is 11.9. The summed E-state index contributed by atoms with van der Waals surface area (Å²) in [4.78, 5) is 0. The minimum absolute atomic E-state index is 0.173. The van der Waals surface area contributed by atoms with Gasteiger partial charge in [0.2, 0.25) is 0 Å². The van der Waals surface area contributed by atoms with E-state index >= 15 is 0 Å². The molecule has 1 N–H and O–H groups in total. The summed E-state index contributed by atoms with van der Waals surface area (Å²) in [5, 5.41) is 3.00. The van der Waals surface area contributed by atoms with E-state index in [4.69, 9.17) is 9.47 Å². The van der Waals surface area contributed by atoms with Crippen LogP contribution >= 0.6 is 0 Å². The molecule has 0 saturated carbocycles. The highest BCUT2D eigenvalue weighted by Crippen LogP contribution is 1.82. The molecule has 0 atom stereocenters. The molecule has 0 aliphatic heterocycles. The molecule has 0 heterocycles. The third-order valence-electron chi connectivity index (χ3n) is 1.79. The van der Waals surface area contributed by atoms with Crippen molar-refractivity contribution in [2.75, 3.05) is 51.5 Å². The average molecular weight is 253 g/mol. The lowest BCUT2D eigenvalue weighted by Crippen LogP contribution is -2.26. The van der Waals surface area contributed by atoms with Gasteiger partial charge in [-0.25, -0.2) is 8.42 Å². The van der Waals surface area contributed by atoms with Crippen LogP contribution in [0, 0.1) is 0 Å². The molecule has 0 unspecified atom stereocenters. The lowest BCUT2D eigenvalue weighted by atomic mass is 10.5. The Kier molecular flexibility index (Phi) is 9.91. The average Bonchev–Trinajstić information content (AvgIpc) is 2.19. The van der Waals surface area contributed by atoms with E-state index in [0.717, 1.165) is 13.0 Å². The Balaban J connectivity index is 3.05. The first-order valence-corrected chi connectivity index (χ1v) is 7.66. The SMILES string of the molecule is CCCOCCOCCNCCS(C)(=O)=O. The van der Waals surface area contributed by atoms with Gasteiger partial charge in [0.05, 0.1) is 25.6 Å². The fraction of sp³-hybridized carbons (Fsp3) is 1.00. The molecular weight excluding hydrogens is 230 g/mol. The van der Waals surface area contributed by atoms with Crippen molar-refractivity contribution in [3.8, 4) is 0 Å². The van der Waals surface area contributed by atoms with E-state index in [1.165, 1.54) is 6.26 Å². The number of ether oxygens (including phenoxy) is 2. The Morgan fingerprint density at radius 3 is 2.19 bits per heavy atom. The summed E-state index contributed by atoms with van der Waals surface area (Å²) in [7, 11) is -2.86. The van der Waals surface area contributed by atoms with Crippen molar-refractivity contribution in [3.63, 3.8) is 0 Å². The standard InChI is InChI=1S/C10H23NO4S/c1-3-6-14-8-9-15-7-4-11-5-10-16(2,12)13/h11H,3-10H2,1-2H3. The fourth-order valence-corrected chi connectivity index (χ4v) is 1.51. The first-order chi connectivity index (χ1) is 7.56. The van der Waals surface area contributed by atoms with Crippen LogP contribution in [0.3, 0.4) is 0 Å². The monoisotopic (exact) mass is 253 g/mol. The van der Waals surface area contributed by atoms with Crippen LogP contribution in [0.1, 0.15) is 13.3 Å². The van der Waals surface area contributed by atoms with Crippen LogP contribution in [-0.2, 0) is 19.3 Å². The molecule has 5 nitrogen and oxygen atoms in total. The number of nitrogens with one attached hydrogen (secondary N) is 1. The molecule has 0 aliphatic rings. The zero-order chi connectivity index (χ0) is 12.3. The second-order valence-electron chi connectivity index (χ2n) is 3.60. The minimum atomic E-state index is -2.86. The number of rotatable bonds is 11. The number of hydrogen-bond acceptors (Lipinski definition) is 5. The van der Waals surface area contributed by atoms with E-state index < -0.39 is 9.84 Å². The number of hydrogen-bond donors (Lipinski definition) is 1. The smallest absolute Gasteiger partial charge is 0.148 e. The summed E-state index contributed by atoms with van der Waals surface area (Å²) in [5.41, 5.74) is 0. The van der Waals surface area contributed by atoms with E-state index in [-0.39, 0.29) is 5.75 Å².